The molecule has 0 bridgehead atoms. The molecule has 1 aliphatic heterocycles. The molecule has 8 heteroatoms. The molecule has 0 saturated carbocycles. The van der Waals surface area contributed by atoms with Crippen LogP contribution in [0, 0.1) is 0 Å². The van der Waals surface area contributed by atoms with Gasteiger partial charge in [-0.3, -0.25) is 4.90 Å². The molecule has 3 nitrogen and oxygen atoms in total. The minimum atomic E-state index is 0.578. The molecule has 2 aromatic rings. The SMILES string of the molecule is S=C(Nc1cc(Cl)cc(Cl)c1)N1CCN(Cc2ccc(Cl)c(Cl)c2)CC1. The van der Waals surface area contributed by atoms with Gasteiger partial charge in [0.25, 0.3) is 0 Å². The summed E-state index contributed by atoms with van der Waals surface area (Å²) in [6.07, 6.45) is 0. The maximum Gasteiger partial charge on any atom is 0.173 e. The molecule has 0 aromatic heterocycles. The first-order chi connectivity index (χ1) is 12.4. The number of nitrogens with zero attached hydrogens (tertiary/aromatic N) is 2. The van der Waals surface area contributed by atoms with Crippen molar-refractivity contribution in [2.24, 2.45) is 0 Å². The molecule has 0 atom stereocenters. The van der Waals surface area contributed by atoms with Gasteiger partial charge in [0.15, 0.2) is 5.11 Å². The zero-order valence-electron chi connectivity index (χ0n) is 13.8. The first kappa shape index (κ1) is 20.0. The minimum absolute atomic E-state index is 0.578. The van der Waals surface area contributed by atoms with Crippen LogP contribution < -0.4 is 5.32 Å². The van der Waals surface area contributed by atoms with Crippen molar-refractivity contribution < 1.29 is 0 Å². The number of anilines is 1. The molecular formula is C18H17Cl4N3S. The van der Waals surface area contributed by atoms with Crippen LogP contribution in [0.25, 0.3) is 0 Å². The molecule has 0 spiro atoms. The average molecular weight is 449 g/mol. The number of hydrogen-bond donors (Lipinski definition) is 1. The van der Waals surface area contributed by atoms with Crippen LogP contribution in [0.5, 0.6) is 0 Å². The summed E-state index contributed by atoms with van der Waals surface area (Å²) >= 11 is 29.6. The molecule has 1 saturated heterocycles. The highest BCUT2D eigenvalue weighted by Crippen LogP contribution is 2.24. The topological polar surface area (TPSA) is 18.5 Å². The van der Waals surface area contributed by atoms with E-state index in [-0.39, 0.29) is 0 Å². The Morgan fingerprint density at radius 1 is 0.885 bits per heavy atom. The molecule has 1 aliphatic rings. The fourth-order valence-electron chi connectivity index (χ4n) is 2.83. The number of benzene rings is 2. The quantitative estimate of drug-likeness (QED) is 0.596. The van der Waals surface area contributed by atoms with E-state index in [1.54, 1.807) is 18.2 Å². The molecule has 2 aromatic carbocycles. The van der Waals surface area contributed by atoms with Crippen LogP contribution in [0.1, 0.15) is 5.56 Å². The first-order valence-electron chi connectivity index (χ1n) is 8.09. The summed E-state index contributed by atoms with van der Waals surface area (Å²) in [5, 5.41) is 6.22. The van der Waals surface area contributed by atoms with Crippen LogP contribution in [0.3, 0.4) is 0 Å². The third-order valence-corrected chi connectivity index (χ3v) is 5.70. The van der Waals surface area contributed by atoms with E-state index in [9.17, 15) is 0 Å². The normalized spacial score (nSPS) is 15.2. The highest BCUT2D eigenvalue weighted by molar-refractivity contribution is 7.80. The Bertz CT molecular complexity index is 787. The molecule has 138 valence electrons. The monoisotopic (exact) mass is 447 g/mol. The summed E-state index contributed by atoms with van der Waals surface area (Å²) in [6.45, 7) is 4.37. The van der Waals surface area contributed by atoms with Gasteiger partial charge in [-0.25, -0.2) is 0 Å². The van der Waals surface area contributed by atoms with E-state index >= 15 is 0 Å². The van der Waals surface area contributed by atoms with Gasteiger partial charge in [0.1, 0.15) is 0 Å². The van der Waals surface area contributed by atoms with Crippen molar-refractivity contribution in [2.45, 2.75) is 6.54 Å². The molecule has 1 N–H and O–H groups in total. The number of rotatable bonds is 3. The van der Waals surface area contributed by atoms with Gasteiger partial charge in [-0.15, -0.1) is 0 Å². The Balaban J connectivity index is 1.52. The summed E-state index contributed by atoms with van der Waals surface area (Å²) in [4.78, 5) is 4.52. The number of nitrogens with one attached hydrogen (secondary N) is 1. The zero-order valence-corrected chi connectivity index (χ0v) is 17.7. The maximum atomic E-state index is 6.09. The molecule has 0 radical (unpaired) electrons. The number of thiocarbonyl (C=S) groups is 1. The Labute approximate surface area is 178 Å². The number of piperazine rings is 1. The summed E-state index contributed by atoms with van der Waals surface area (Å²) < 4.78 is 0. The fraction of sp³-hybridized carbons (Fsp3) is 0.278. The molecule has 0 aliphatic carbocycles. The summed E-state index contributed by atoms with van der Waals surface area (Å²) in [6, 6.07) is 11.1. The number of hydrogen-bond acceptors (Lipinski definition) is 2. The van der Waals surface area contributed by atoms with Gasteiger partial charge < -0.3 is 10.2 Å². The molecule has 3 rings (SSSR count). The molecule has 0 unspecified atom stereocenters. The zero-order chi connectivity index (χ0) is 18.7. The van der Waals surface area contributed by atoms with Crippen molar-refractivity contribution in [3.05, 3.63) is 62.1 Å². The summed E-state index contributed by atoms with van der Waals surface area (Å²) in [5.41, 5.74) is 1.95. The first-order valence-corrected chi connectivity index (χ1v) is 10.0. The Morgan fingerprint density at radius 2 is 1.54 bits per heavy atom. The fourth-order valence-corrected chi connectivity index (χ4v) is 3.98. The predicted molar refractivity (Wildman–Crippen MR) is 116 cm³/mol. The van der Waals surface area contributed by atoms with Gasteiger partial charge in [-0.05, 0) is 48.1 Å². The molecule has 1 fully saturated rings. The van der Waals surface area contributed by atoms with Crippen LogP contribution in [-0.2, 0) is 6.54 Å². The van der Waals surface area contributed by atoms with Gasteiger partial charge >= 0.3 is 0 Å². The van der Waals surface area contributed by atoms with Crippen molar-refractivity contribution in [1.82, 2.24) is 9.80 Å². The van der Waals surface area contributed by atoms with Crippen LogP contribution in [0.2, 0.25) is 20.1 Å². The lowest BCUT2D eigenvalue weighted by atomic mass is 10.2. The van der Waals surface area contributed by atoms with Gasteiger partial charge in [0.2, 0.25) is 0 Å². The van der Waals surface area contributed by atoms with E-state index < -0.39 is 0 Å². The third kappa shape index (κ3) is 5.38. The van der Waals surface area contributed by atoms with Crippen LogP contribution >= 0.6 is 58.6 Å². The summed E-state index contributed by atoms with van der Waals surface area (Å²) in [5.74, 6) is 0. The van der Waals surface area contributed by atoms with Crippen molar-refractivity contribution in [2.75, 3.05) is 31.5 Å². The summed E-state index contributed by atoms with van der Waals surface area (Å²) in [7, 11) is 0. The third-order valence-electron chi connectivity index (χ3n) is 4.16. The smallest absolute Gasteiger partial charge is 0.173 e. The van der Waals surface area contributed by atoms with Gasteiger partial charge in [-0.2, -0.15) is 0 Å². The van der Waals surface area contributed by atoms with Gasteiger partial charge in [-0.1, -0.05) is 52.5 Å². The lowest BCUT2D eigenvalue weighted by molar-refractivity contribution is 0.177. The van der Waals surface area contributed by atoms with Crippen molar-refractivity contribution >= 4 is 69.4 Å². The number of halogens is 4. The Hall–Kier alpha value is -0.750. The van der Waals surface area contributed by atoms with E-state index in [1.165, 1.54) is 0 Å². The highest BCUT2D eigenvalue weighted by atomic mass is 35.5. The van der Waals surface area contributed by atoms with Crippen molar-refractivity contribution in [3.63, 3.8) is 0 Å². The van der Waals surface area contributed by atoms with E-state index in [0.717, 1.165) is 44.0 Å². The van der Waals surface area contributed by atoms with E-state index in [4.69, 9.17) is 58.6 Å². The molecule has 26 heavy (non-hydrogen) atoms. The van der Waals surface area contributed by atoms with Crippen LogP contribution in [0.15, 0.2) is 36.4 Å². The van der Waals surface area contributed by atoms with Crippen molar-refractivity contribution in [3.8, 4) is 0 Å². The van der Waals surface area contributed by atoms with Gasteiger partial charge in [0, 0.05) is 48.5 Å². The largest absolute Gasteiger partial charge is 0.346 e. The standard InChI is InChI=1S/C18H17Cl4N3S/c19-13-8-14(20)10-15(9-13)23-18(26)25-5-3-24(4-6-25)11-12-1-2-16(21)17(22)7-12/h1-2,7-10H,3-6,11H2,(H,23,26). The predicted octanol–water partition coefficient (Wildman–Crippen LogP) is 5.81. The van der Waals surface area contributed by atoms with E-state index in [2.05, 4.69) is 15.1 Å². The highest BCUT2D eigenvalue weighted by Gasteiger charge is 2.19. The molecular weight excluding hydrogens is 432 g/mol. The maximum absolute atomic E-state index is 6.09. The van der Waals surface area contributed by atoms with Crippen LogP contribution in [0.4, 0.5) is 5.69 Å². The lowest BCUT2D eigenvalue weighted by Gasteiger charge is -2.36. The van der Waals surface area contributed by atoms with Crippen LogP contribution in [-0.4, -0.2) is 41.1 Å². The second kappa shape index (κ2) is 8.96. The average Bonchev–Trinajstić information content (AvgIpc) is 2.58. The molecule has 1 heterocycles. The van der Waals surface area contributed by atoms with Crippen molar-refractivity contribution in [1.29, 1.82) is 0 Å². The van der Waals surface area contributed by atoms with Gasteiger partial charge in [0.05, 0.1) is 10.0 Å². The second-order valence-electron chi connectivity index (χ2n) is 6.10. The molecule has 0 amide bonds. The second-order valence-corrected chi connectivity index (χ2v) is 8.17. The lowest BCUT2D eigenvalue weighted by Crippen LogP contribution is -2.49. The minimum Gasteiger partial charge on any atom is -0.346 e. The van der Waals surface area contributed by atoms with E-state index in [0.29, 0.717) is 25.2 Å². The Morgan fingerprint density at radius 3 is 2.15 bits per heavy atom. The Kier molecular flexibility index (Phi) is 6.89. The van der Waals surface area contributed by atoms with E-state index in [1.807, 2.05) is 18.2 Å².